The molecule has 1 unspecified atom stereocenters. The van der Waals surface area contributed by atoms with Gasteiger partial charge in [-0.2, -0.15) is 0 Å². The molecule has 106 valence electrons. The maximum atomic E-state index is 5.81. The van der Waals surface area contributed by atoms with E-state index < -0.39 is 0 Å². The maximum Gasteiger partial charge on any atom is 0.124 e. The van der Waals surface area contributed by atoms with Crippen LogP contribution in [0.2, 0.25) is 0 Å². The van der Waals surface area contributed by atoms with Gasteiger partial charge in [-0.15, -0.1) is 0 Å². The van der Waals surface area contributed by atoms with E-state index in [1.165, 1.54) is 23.1 Å². The van der Waals surface area contributed by atoms with Crippen molar-refractivity contribution in [2.75, 3.05) is 33.8 Å². The first-order valence-electron chi connectivity index (χ1n) is 7.20. The van der Waals surface area contributed by atoms with Gasteiger partial charge in [-0.1, -0.05) is 6.07 Å². The Balaban J connectivity index is 2.01. The third-order valence-electron chi connectivity index (χ3n) is 3.68. The van der Waals surface area contributed by atoms with Crippen LogP contribution < -0.4 is 10.1 Å². The SMILES string of the molecule is Cc1cc(C)c2c(c1)OCCC2NCCCN(C)C. The van der Waals surface area contributed by atoms with Crippen LogP contribution in [0, 0.1) is 13.8 Å². The average Bonchev–Trinajstić information content (AvgIpc) is 2.33. The zero-order valence-corrected chi connectivity index (χ0v) is 12.6. The van der Waals surface area contributed by atoms with Crippen LogP contribution in [0.4, 0.5) is 0 Å². The highest BCUT2D eigenvalue weighted by Gasteiger charge is 2.22. The van der Waals surface area contributed by atoms with Crippen molar-refractivity contribution in [3.8, 4) is 5.75 Å². The molecular weight excluding hydrogens is 236 g/mol. The van der Waals surface area contributed by atoms with Gasteiger partial charge < -0.3 is 15.0 Å². The number of ether oxygens (including phenoxy) is 1. The lowest BCUT2D eigenvalue weighted by Crippen LogP contribution is -2.30. The van der Waals surface area contributed by atoms with E-state index in [0.717, 1.165) is 31.9 Å². The Labute approximate surface area is 116 Å². The second kappa shape index (κ2) is 6.40. The number of fused-ring (bicyclic) bond motifs is 1. The molecule has 1 aliphatic rings. The van der Waals surface area contributed by atoms with Crippen molar-refractivity contribution in [2.24, 2.45) is 0 Å². The van der Waals surface area contributed by atoms with Crippen molar-refractivity contribution in [1.82, 2.24) is 10.2 Å². The molecule has 3 heteroatoms. The number of rotatable bonds is 5. The molecule has 2 rings (SSSR count). The summed E-state index contributed by atoms with van der Waals surface area (Å²) in [5, 5.41) is 3.69. The number of hydrogen-bond donors (Lipinski definition) is 1. The Kier molecular flexibility index (Phi) is 4.83. The van der Waals surface area contributed by atoms with Crippen LogP contribution in [0.5, 0.6) is 5.75 Å². The van der Waals surface area contributed by atoms with Gasteiger partial charge in [0.05, 0.1) is 6.61 Å². The van der Waals surface area contributed by atoms with Gasteiger partial charge in [-0.25, -0.2) is 0 Å². The van der Waals surface area contributed by atoms with E-state index in [1.807, 2.05) is 0 Å². The van der Waals surface area contributed by atoms with Crippen LogP contribution in [-0.4, -0.2) is 38.7 Å². The molecule has 1 aliphatic heterocycles. The van der Waals surface area contributed by atoms with Gasteiger partial charge in [0.25, 0.3) is 0 Å². The van der Waals surface area contributed by atoms with Crippen molar-refractivity contribution in [3.63, 3.8) is 0 Å². The molecule has 0 fully saturated rings. The first kappa shape index (κ1) is 14.4. The Morgan fingerprint density at radius 1 is 1.32 bits per heavy atom. The summed E-state index contributed by atoms with van der Waals surface area (Å²) in [6, 6.07) is 4.87. The minimum atomic E-state index is 0.450. The zero-order valence-electron chi connectivity index (χ0n) is 12.6. The smallest absolute Gasteiger partial charge is 0.124 e. The quantitative estimate of drug-likeness (QED) is 0.826. The second-order valence-corrected chi connectivity index (χ2v) is 5.79. The van der Waals surface area contributed by atoms with Crippen molar-refractivity contribution >= 4 is 0 Å². The topological polar surface area (TPSA) is 24.5 Å². The lowest BCUT2D eigenvalue weighted by atomic mass is 9.94. The number of aryl methyl sites for hydroxylation is 2. The van der Waals surface area contributed by atoms with Gasteiger partial charge in [-0.05, 0) is 64.6 Å². The van der Waals surface area contributed by atoms with Crippen molar-refractivity contribution in [1.29, 1.82) is 0 Å². The van der Waals surface area contributed by atoms with Crippen LogP contribution in [0.3, 0.4) is 0 Å². The lowest BCUT2D eigenvalue weighted by Gasteiger charge is -2.29. The first-order chi connectivity index (χ1) is 9.08. The highest BCUT2D eigenvalue weighted by Crippen LogP contribution is 2.35. The maximum absolute atomic E-state index is 5.81. The molecule has 1 N–H and O–H groups in total. The summed E-state index contributed by atoms with van der Waals surface area (Å²) in [5.74, 6) is 1.08. The van der Waals surface area contributed by atoms with Crippen molar-refractivity contribution in [2.45, 2.75) is 32.7 Å². The molecule has 1 heterocycles. The molecule has 0 saturated carbocycles. The summed E-state index contributed by atoms with van der Waals surface area (Å²) in [6.45, 7) is 7.34. The molecular formula is C16H26N2O. The number of nitrogens with zero attached hydrogens (tertiary/aromatic N) is 1. The Hall–Kier alpha value is -1.06. The molecule has 1 aromatic carbocycles. The molecule has 0 saturated heterocycles. The Morgan fingerprint density at radius 3 is 2.84 bits per heavy atom. The molecule has 0 amide bonds. The van der Waals surface area contributed by atoms with Gasteiger partial charge in [-0.3, -0.25) is 0 Å². The average molecular weight is 262 g/mol. The molecule has 3 nitrogen and oxygen atoms in total. The third-order valence-corrected chi connectivity index (χ3v) is 3.68. The number of benzene rings is 1. The molecule has 1 aromatic rings. The second-order valence-electron chi connectivity index (χ2n) is 5.79. The molecule has 0 aliphatic carbocycles. The fourth-order valence-corrected chi connectivity index (χ4v) is 2.81. The minimum Gasteiger partial charge on any atom is -0.493 e. The van der Waals surface area contributed by atoms with Crippen LogP contribution >= 0.6 is 0 Å². The highest BCUT2D eigenvalue weighted by atomic mass is 16.5. The van der Waals surface area contributed by atoms with Crippen LogP contribution in [0.15, 0.2) is 12.1 Å². The highest BCUT2D eigenvalue weighted by molar-refractivity contribution is 5.46. The predicted octanol–water partition coefficient (Wildman–Crippen LogP) is 2.67. The summed E-state index contributed by atoms with van der Waals surface area (Å²) in [7, 11) is 4.24. The summed E-state index contributed by atoms with van der Waals surface area (Å²) < 4.78 is 5.81. The fourth-order valence-electron chi connectivity index (χ4n) is 2.81. The molecule has 0 spiro atoms. The lowest BCUT2D eigenvalue weighted by molar-refractivity contribution is 0.250. The monoisotopic (exact) mass is 262 g/mol. The van der Waals surface area contributed by atoms with E-state index >= 15 is 0 Å². The van der Waals surface area contributed by atoms with Crippen LogP contribution in [0.1, 0.15) is 35.6 Å². The zero-order chi connectivity index (χ0) is 13.8. The molecule has 1 atom stereocenters. The van der Waals surface area contributed by atoms with Gasteiger partial charge >= 0.3 is 0 Å². The van der Waals surface area contributed by atoms with E-state index in [2.05, 4.69) is 50.3 Å². The number of nitrogens with one attached hydrogen (secondary N) is 1. The van der Waals surface area contributed by atoms with Crippen molar-refractivity contribution in [3.05, 3.63) is 28.8 Å². The van der Waals surface area contributed by atoms with E-state index in [1.54, 1.807) is 0 Å². The van der Waals surface area contributed by atoms with E-state index in [-0.39, 0.29) is 0 Å². The predicted molar refractivity (Wildman–Crippen MR) is 79.9 cm³/mol. The summed E-state index contributed by atoms with van der Waals surface area (Å²) in [5.41, 5.74) is 3.99. The van der Waals surface area contributed by atoms with Gasteiger partial charge in [0.15, 0.2) is 0 Å². The largest absolute Gasteiger partial charge is 0.493 e. The molecule has 0 radical (unpaired) electrons. The van der Waals surface area contributed by atoms with Gasteiger partial charge in [0.1, 0.15) is 5.75 Å². The van der Waals surface area contributed by atoms with Crippen molar-refractivity contribution < 1.29 is 4.74 Å². The standard InChI is InChI=1S/C16H26N2O/c1-12-10-13(2)16-14(6-9-19-15(16)11-12)17-7-5-8-18(3)4/h10-11,14,17H,5-9H2,1-4H3. The normalized spacial score (nSPS) is 18.3. The summed E-state index contributed by atoms with van der Waals surface area (Å²) in [6.07, 6.45) is 2.25. The van der Waals surface area contributed by atoms with Crippen LogP contribution in [-0.2, 0) is 0 Å². The van der Waals surface area contributed by atoms with E-state index in [0.29, 0.717) is 6.04 Å². The summed E-state index contributed by atoms with van der Waals surface area (Å²) >= 11 is 0. The first-order valence-corrected chi connectivity index (χ1v) is 7.20. The fraction of sp³-hybridized carbons (Fsp3) is 0.625. The van der Waals surface area contributed by atoms with Gasteiger partial charge in [0, 0.05) is 18.0 Å². The summed E-state index contributed by atoms with van der Waals surface area (Å²) in [4.78, 5) is 2.23. The van der Waals surface area contributed by atoms with Gasteiger partial charge in [0.2, 0.25) is 0 Å². The number of hydrogen-bond acceptors (Lipinski definition) is 3. The molecule has 0 aromatic heterocycles. The van der Waals surface area contributed by atoms with E-state index in [9.17, 15) is 0 Å². The molecule has 19 heavy (non-hydrogen) atoms. The Morgan fingerprint density at radius 2 is 2.11 bits per heavy atom. The molecule has 0 bridgehead atoms. The minimum absolute atomic E-state index is 0.450. The van der Waals surface area contributed by atoms with Crippen LogP contribution in [0.25, 0.3) is 0 Å². The Bertz CT molecular complexity index is 429. The van der Waals surface area contributed by atoms with E-state index in [4.69, 9.17) is 4.74 Å². The third kappa shape index (κ3) is 3.71.